The first kappa shape index (κ1) is 15.7. The summed E-state index contributed by atoms with van der Waals surface area (Å²) in [5, 5.41) is 25.5. The monoisotopic (exact) mass is 315 g/mol. The normalized spacial score (nSPS) is 21.7. The molecule has 0 saturated heterocycles. The van der Waals surface area contributed by atoms with E-state index in [-0.39, 0.29) is 17.7 Å². The SMILES string of the molecule is CN(CC1CC(O)C1)c1cccc(S(N)(=O)=O)c1[N+](=O)[O-]. The number of rotatable bonds is 5. The van der Waals surface area contributed by atoms with Crippen molar-refractivity contribution in [1.29, 1.82) is 0 Å². The Morgan fingerprint density at radius 3 is 2.57 bits per heavy atom. The second kappa shape index (κ2) is 5.58. The van der Waals surface area contributed by atoms with Crippen molar-refractivity contribution in [2.75, 3.05) is 18.5 Å². The Hall–Kier alpha value is -1.71. The second-order valence-electron chi connectivity index (χ2n) is 5.30. The molecule has 1 aromatic carbocycles. The van der Waals surface area contributed by atoms with Crippen LogP contribution in [0.2, 0.25) is 0 Å². The quantitative estimate of drug-likeness (QED) is 0.600. The van der Waals surface area contributed by atoms with Crippen LogP contribution in [0.15, 0.2) is 23.1 Å². The molecule has 3 N–H and O–H groups in total. The van der Waals surface area contributed by atoms with Gasteiger partial charge in [-0.05, 0) is 30.9 Å². The third-order valence-electron chi connectivity index (χ3n) is 3.62. The van der Waals surface area contributed by atoms with Crippen LogP contribution >= 0.6 is 0 Å². The lowest BCUT2D eigenvalue weighted by molar-refractivity contribution is -0.387. The number of para-hydroxylation sites is 1. The van der Waals surface area contributed by atoms with Gasteiger partial charge in [-0.3, -0.25) is 10.1 Å². The van der Waals surface area contributed by atoms with E-state index in [0.29, 0.717) is 19.4 Å². The Labute approximate surface area is 122 Å². The first-order chi connectivity index (χ1) is 9.70. The lowest BCUT2D eigenvalue weighted by atomic mass is 9.82. The number of anilines is 1. The van der Waals surface area contributed by atoms with Crippen molar-refractivity contribution in [1.82, 2.24) is 0 Å². The predicted molar refractivity (Wildman–Crippen MR) is 76.5 cm³/mol. The standard InChI is InChI=1S/C12H17N3O5S/c1-14(7-8-5-9(16)6-8)10-3-2-4-11(21(13,19)20)12(10)15(17)18/h2-4,8-9,16H,5-7H2,1H3,(H2,13,19,20). The largest absolute Gasteiger partial charge is 0.393 e. The average molecular weight is 315 g/mol. The molecule has 0 unspecified atom stereocenters. The zero-order valence-corrected chi connectivity index (χ0v) is 12.3. The molecule has 1 saturated carbocycles. The third kappa shape index (κ3) is 3.31. The number of hydrogen-bond acceptors (Lipinski definition) is 6. The molecule has 0 spiro atoms. The molecule has 8 nitrogen and oxygen atoms in total. The van der Waals surface area contributed by atoms with Gasteiger partial charge in [0.1, 0.15) is 5.69 Å². The minimum absolute atomic E-state index is 0.202. The van der Waals surface area contributed by atoms with Crippen LogP contribution in [0, 0.1) is 16.0 Å². The molecule has 0 heterocycles. The Morgan fingerprint density at radius 1 is 1.48 bits per heavy atom. The molecule has 116 valence electrons. The van der Waals surface area contributed by atoms with E-state index < -0.39 is 25.5 Å². The zero-order chi connectivity index (χ0) is 15.8. The summed E-state index contributed by atoms with van der Waals surface area (Å²) < 4.78 is 23.0. The molecule has 1 aliphatic carbocycles. The fraction of sp³-hybridized carbons (Fsp3) is 0.500. The summed E-state index contributed by atoms with van der Waals surface area (Å²) in [7, 11) is -2.52. The molecule has 1 fully saturated rings. The minimum atomic E-state index is -4.17. The van der Waals surface area contributed by atoms with Crippen molar-refractivity contribution in [3.8, 4) is 0 Å². The summed E-state index contributed by atoms with van der Waals surface area (Å²) in [4.78, 5) is 11.6. The molecule has 0 radical (unpaired) electrons. The number of hydrogen-bond donors (Lipinski definition) is 2. The lowest BCUT2D eigenvalue weighted by Gasteiger charge is -2.35. The topological polar surface area (TPSA) is 127 Å². The van der Waals surface area contributed by atoms with Crippen molar-refractivity contribution in [3.63, 3.8) is 0 Å². The van der Waals surface area contributed by atoms with Crippen LogP contribution < -0.4 is 10.0 Å². The Bertz CT molecular complexity index is 655. The molecule has 0 bridgehead atoms. The molecule has 0 amide bonds. The number of primary sulfonamides is 1. The number of benzene rings is 1. The van der Waals surface area contributed by atoms with E-state index in [9.17, 15) is 23.6 Å². The van der Waals surface area contributed by atoms with Gasteiger partial charge in [0.2, 0.25) is 10.0 Å². The maximum Gasteiger partial charge on any atom is 0.312 e. The fourth-order valence-corrected chi connectivity index (χ4v) is 3.28. The summed E-state index contributed by atoms with van der Waals surface area (Å²) in [6.45, 7) is 0.506. The van der Waals surface area contributed by atoms with Gasteiger partial charge in [0.25, 0.3) is 0 Å². The van der Waals surface area contributed by atoms with Gasteiger partial charge in [0.15, 0.2) is 4.90 Å². The number of nitrogens with two attached hydrogens (primary N) is 1. The smallest absolute Gasteiger partial charge is 0.312 e. The summed E-state index contributed by atoms with van der Waals surface area (Å²) >= 11 is 0. The van der Waals surface area contributed by atoms with E-state index in [1.54, 1.807) is 11.9 Å². The fourth-order valence-electron chi connectivity index (χ4n) is 2.57. The van der Waals surface area contributed by atoms with E-state index in [1.165, 1.54) is 12.1 Å². The summed E-state index contributed by atoms with van der Waals surface area (Å²) in [6.07, 6.45) is 0.981. The maximum atomic E-state index is 11.5. The van der Waals surface area contributed by atoms with Crippen LogP contribution in [-0.4, -0.2) is 38.1 Å². The third-order valence-corrected chi connectivity index (χ3v) is 4.56. The highest BCUT2D eigenvalue weighted by atomic mass is 32.2. The van der Waals surface area contributed by atoms with Gasteiger partial charge in [0, 0.05) is 13.6 Å². The van der Waals surface area contributed by atoms with Gasteiger partial charge in [-0.1, -0.05) is 6.07 Å². The van der Waals surface area contributed by atoms with Crippen molar-refractivity contribution < 1.29 is 18.4 Å². The van der Waals surface area contributed by atoms with Gasteiger partial charge in [-0.25, -0.2) is 13.6 Å². The number of nitrogens with zero attached hydrogens (tertiary/aromatic N) is 2. The zero-order valence-electron chi connectivity index (χ0n) is 11.5. The van der Waals surface area contributed by atoms with Crippen LogP contribution in [0.4, 0.5) is 11.4 Å². The molecule has 0 aromatic heterocycles. The van der Waals surface area contributed by atoms with E-state index in [4.69, 9.17) is 5.14 Å². The molecule has 1 aromatic rings. The van der Waals surface area contributed by atoms with Crippen LogP contribution in [0.1, 0.15) is 12.8 Å². The first-order valence-electron chi connectivity index (χ1n) is 6.39. The highest BCUT2D eigenvalue weighted by Gasteiger charge is 2.32. The van der Waals surface area contributed by atoms with Gasteiger partial charge in [-0.15, -0.1) is 0 Å². The van der Waals surface area contributed by atoms with Crippen molar-refractivity contribution in [2.24, 2.45) is 11.1 Å². The van der Waals surface area contributed by atoms with E-state index in [1.807, 2.05) is 0 Å². The van der Waals surface area contributed by atoms with Crippen LogP contribution in [0.25, 0.3) is 0 Å². The minimum Gasteiger partial charge on any atom is -0.393 e. The highest BCUT2D eigenvalue weighted by Crippen LogP contribution is 2.35. The Balaban J connectivity index is 2.36. The van der Waals surface area contributed by atoms with Crippen molar-refractivity contribution >= 4 is 21.4 Å². The molecule has 21 heavy (non-hydrogen) atoms. The van der Waals surface area contributed by atoms with Gasteiger partial charge < -0.3 is 10.0 Å². The molecule has 2 rings (SSSR count). The van der Waals surface area contributed by atoms with Crippen molar-refractivity contribution in [3.05, 3.63) is 28.3 Å². The second-order valence-corrected chi connectivity index (χ2v) is 6.83. The summed E-state index contributed by atoms with van der Waals surface area (Å²) in [5.41, 5.74) is -0.310. The molecule has 9 heteroatoms. The van der Waals surface area contributed by atoms with E-state index >= 15 is 0 Å². The van der Waals surface area contributed by atoms with E-state index in [2.05, 4.69) is 0 Å². The van der Waals surface area contributed by atoms with Crippen molar-refractivity contribution in [2.45, 2.75) is 23.8 Å². The van der Waals surface area contributed by atoms with Gasteiger partial charge in [-0.2, -0.15) is 0 Å². The summed E-state index contributed by atoms with van der Waals surface area (Å²) in [6, 6.07) is 4.04. The number of aliphatic hydroxyl groups is 1. The molecular formula is C12H17N3O5S. The van der Waals surface area contributed by atoms with Crippen LogP contribution in [0.5, 0.6) is 0 Å². The number of sulfonamides is 1. The predicted octanol–water partition coefficient (Wildman–Crippen LogP) is 0.449. The van der Waals surface area contributed by atoms with Crippen LogP contribution in [-0.2, 0) is 10.0 Å². The first-order valence-corrected chi connectivity index (χ1v) is 7.94. The molecular weight excluding hydrogens is 298 g/mol. The van der Waals surface area contributed by atoms with Gasteiger partial charge in [0.05, 0.1) is 11.0 Å². The molecule has 1 aliphatic rings. The average Bonchev–Trinajstić information content (AvgIpc) is 2.34. The highest BCUT2D eigenvalue weighted by molar-refractivity contribution is 7.89. The summed E-state index contributed by atoms with van der Waals surface area (Å²) in [5.74, 6) is 0.239. The molecule has 0 atom stereocenters. The number of aliphatic hydroxyl groups excluding tert-OH is 1. The number of nitro benzene ring substituents is 1. The molecule has 0 aliphatic heterocycles. The van der Waals surface area contributed by atoms with Gasteiger partial charge >= 0.3 is 5.69 Å². The maximum absolute atomic E-state index is 11.5. The van der Waals surface area contributed by atoms with E-state index in [0.717, 1.165) is 6.07 Å². The Morgan fingerprint density at radius 2 is 2.10 bits per heavy atom. The number of nitro groups is 1. The Kier molecular flexibility index (Phi) is 4.17. The van der Waals surface area contributed by atoms with Crippen LogP contribution in [0.3, 0.4) is 0 Å². The lowest BCUT2D eigenvalue weighted by Crippen LogP contribution is -2.37.